The van der Waals surface area contributed by atoms with Crippen LogP contribution >= 0.6 is 27.3 Å². The van der Waals surface area contributed by atoms with Gasteiger partial charge in [-0.15, -0.1) is 11.3 Å². The molecular formula is C12H11BrFNS. The van der Waals surface area contributed by atoms with Gasteiger partial charge in [0, 0.05) is 16.3 Å². The minimum atomic E-state index is -0.233. The fourth-order valence-electron chi connectivity index (χ4n) is 1.54. The second-order valence-corrected chi connectivity index (χ2v) is 5.57. The second kappa shape index (κ2) is 4.65. The summed E-state index contributed by atoms with van der Waals surface area (Å²) in [4.78, 5) is 2.17. The highest BCUT2D eigenvalue weighted by Crippen LogP contribution is 2.33. The minimum absolute atomic E-state index is 0.233. The predicted molar refractivity (Wildman–Crippen MR) is 70.0 cm³/mol. The Bertz CT molecular complexity index is 522. The Morgan fingerprint density at radius 2 is 2.12 bits per heavy atom. The lowest BCUT2D eigenvalue weighted by atomic mass is 10.1. The van der Waals surface area contributed by atoms with Gasteiger partial charge in [0.25, 0.3) is 0 Å². The van der Waals surface area contributed by atoms with E-state index in [1.54, 1.807) is 23.5 Å². The first kappa shape index (κ1) is 11.8. The van der Waals surface area contributed by atoms with Gasteiger partial charge in [0.2, 0.25) is 0 Å². The van der Waals surface area contributed by atoms with Crippen LogP contribution in [-0.4, -0.2) is 0 Å². The smallest absolute Gasteiger partial charge is 0.138 e. The van der Waals surface area contributed by atoms with Gasteiger partial charge in [0.1, 0.15) is 5.82 Å². The molecule has 0 saturated carbocycles. The van der Waals surface area contributed by atoms with E-state index in [9.17, 15) is 4.39 Å². The average molecular weight is 300 g/mol. The molecule has 0 aliphatic heterocycles. The molecule has 0 aliphatic carbocycles. The Hall–Kier alpha value is -0.710. The van der Waals surface area contributed by atoms with Crippen molar-refractivity contribution in [3.8, 4) is 10.4 Å². The molecule has 4 heteroatoms. The van der Waals surface area contributed by atoms with Gasteiger partial charge < -0.3 is 5.73 Å². The Morgan fingerprint density at radius 3 is 2.75 bits per heavy atom. The van der Waals surface area contributed by atoms with E-state index < -0.39 is 0 Å². The Labute approximate surface area is 106 Å². The molecule has 0 fully saturated rings. The molecule has 0 aliphatic rings. The maximum atomic E-state index is 13.5. The van der Waals surface area contributed by atoms with E-state index in [1.807, 2.05) is 19.1 Å². The Morgan fingerprint density at radius 1 is 1.38 bits per heavy atom. The third-order valence-corrected chi connectivity index (χ3v) is 4.14. The van der Waals surface area contributed by atoms with Crippen molar-refractivity contribution in [2.24, 2.45) is 5.73 Å². The summed E-state index contributed by atoms with van der Waals surface area (Å²) in [5.41, 5.74) is 7.55. The lowest BCUT2D eigenvalue weighted by Gasteiger charge is -2.05. The summed E-state index contributed by atoms with van der Waals surface area (Å²) in [6, 6.07) is 7.33. The van der Waals surface area contributed by atoms with Crippen molar-refractivity contribution in [2.75, 3.05) is 0 Å². The van der Waals surface area contributed by atoms with Gasteiger partial charge in [0.05, 0.1) is 4.47 Å². The maximum absolute atomic E-state index is 13.5. The molecule has 0 unspecified atom stereocenters. The van der Waals surface area contributed by atoms with Crippen LogP contribution in [0.1, 0.15) is 10.4 Å². The second-order valence-electron chi connectivity index (χ2n) is 3.55. The van der Waals surface area contributed by atoms with Crippen LogP contribution in [0.4, 0.5) is 4.39 Å². The molecule has 84 valence electrons. The van der Waals surface area contributed by atoms with E-state index in [0.29, 0.717) is 11.0 Å². The number of thiophene rings is 1. The van der Waals surface area contributed by atoms with Crippen LogP contribution < -0.4 is 5.73 Å². The molecule has 0 atom stereocenters. The number of nitrogens with two attached hydrogens (primary N) is 1. The van der Waals surface area contributed by atoms with Crippen LogP contribution in [0.5, 0.6) is 0 Å². The van der Waals surface area contributed by atoms with Crippen molar-refractivity contribution in [1.82, 2.24) is 0 Å². The van der Waals surface area contributed by atoms with E-state index in [2.05, 4.69) is 15.9 Å². The zero-order chi connectivity index (χ0) is 11.7. The third-order valence-electron chi connectivity index (χ3n) is 2.40. The summed E-state index contributed by atoms with van der Waals surface area (Å²) in [7, 11) is 0. The number of aryl methyl sites for hydroxylation is 1. The fraction of sp³-hybridized carbons (Fsp3) is 0.167. The van der Waals surface area contributed by atoms with Crippen LogP contribution in [0.25, 0.3) is 10.4 Å². The summed E-state index contributed by atoms with van der Waals surface area (Å²) >= 11 is 4.79. The van der Waals surface area contributed by atoms with Gasteiger partial charge in [-0.1, -0.05) is 0 Å². The normalized spacial score (nSPS) is 10.8. The summed E-state index contributed by atoms with van der Waals surface area (Å²) < 4.78 is 14.0. The number of benzene rings is 1. The predicted octanol–water partition coefficient (Wildman–Crippen LogP) is 4.08. The zero-order valence-corrected chi connectivity index (χ0v) is 11.2. The molecule has 0 spiro atoms. The lowest BCUT2D eigenvalue weighted by Crippen LogP contribution is -1.91. The highest BCUT2D eigenvalue weighted by molar-refractivity contribution is 9.10. The molecule has 1 heterocycles. The molecular weight excluding hydrogens is 289 g/mol. The molecule has 16 heavy (non-hydrogen) atoms. The molecule has 2 aromatic rings. The average Bonchev–Trinajstić information content (AvgIpc) is 2.71. The van der Waals surface area contributed by atoms with E-state index in [0.717, 1.165) is 20.9 Å². The molecule has 1 aromatic heterocycles. The van der Waals surface area contributed by atoms with E-state index in [4.69, 9.17) is 5.73 Å². The SMILES string of the molecule is Cc1cc(Br)c(F)cc1-c1ccc(CN)s1. The van der Waals surface area contributed by atoms with Gasteiger partial charge in [-0.25, -0.2) is 4.39 Å². The van der Waals surface area contributed by atoms with E-state index in [-0.39, 0.29) is 5.82 Å². The van der Waals surface area contributed by atoms with Crippen molar-refractivity contribution < 1.29 is 4.39 Å². The van der Waals surface area contributed by atoms with Crippen LogP contribution in [0.3, 0.4) is 0 Å². The molecule has 1 nitrogen and oxygen atoms in total. The van der Waals surface area contributed by atoms with Crippen molar-refractivity contribution >= 4 is 27.3 Å². The molecule has 0 radical (unpaired) electrons. The van der Waals surface area contributed by atoms with Crippen LogP contribution in [-0.2, 0) is 6.54 Å². The lowest BCUT2D eigenvalue weighted by molar-refractivity contribution is 0.621. The van der Waals surface area contributed by atoms with Crippen molar-refractivity contribution in [1.29, 1.82) is 0 Å². The van der Waals surface area contributed by atoms with Gasteiger partial charge in [-0.2, -0.15) is 0 Å². The zero-order valence-electron chi connectivity index (χ0n) is 8.76. The van der Waals surface area contributed by atoms with Crippen LogP contribution in [0, 0.1) is 12.7 Å². The van der Waals surface area contributed by atoms with Crippen molar-refractivity contribution in [2.45, 2.75) is 13.5 Å². The first-order chi connectivity index (χ1) is 7.61. The fourth-order valence-corrected chi connectivity index (χ4v) is 2.97. The van der Waals surface area contributed by atoms with Gasteiger partial charge in [-0.3, -0.25) is 0 Å². The molecule has 1 aromatic carbocycles. The van der Waals surface area contributed by atoms with Crippen molar-refractivity contribution in [3.05, 3.63) is 45.0 Å². The largest absolute Gasteiger partial charge is 0.326 e. The topological polar surface area (TPSA) is 26.0 Å². The molecule has 0 amide bonds. The third kappa shape index (κ3) is 2.19. The molecule has 2 N–H and O–H groups in total. The van der Waals surface area contributed by atoms with E-state index in [1.165, 1.54) is 0 Å². The number of rotatable bonds is 2. The van der Waals surface area contributed by atoms with Gasteiger partial charge >= 0.3 is 0 Å². The minimum Gasteiger partial charge on any atom is -0.326 e. The molecule has 0 saturated heterocycles. The van der Waals surface area contributed by atoms with Crippen molar-refractivity contribution in [3.63, 3.8) is 0 Å². The standard InChI is InChI=1S/C12H11BrFNS/c1-7-4-10(13)11(14)5-9(7)12-3-2-8(6-15)16-12/h2-5H,6,15H2,1H3. The number of hydrogen-bond acceptors (Lipinski definition) is 2. The Balaban J connectivity index is 2.51. The van der Waals surface area contributed by atoms with Crippen LogP contribution in [0.2, 0.25) is 0 Å². The highest BCUT2D eigenvalue weighted by atomic mass is 79.9. The van der Waals surface area contributed by atoms with Gasteiger partial charge in [-0.05, 0) is 58.2 Å². The summed E-state index contributed by atoms with van der Waals surface area (Å²) in [6.45, 7) is 2.50. The highest BCUT2D eigenvalue weighted by Gasteiger charge is 2.09. The molecule has 0 bridgehead atoms. The molecule has 2 rings (SSSR count). The van der Waals surface area contributed by atoms with E-state index >= 15 is 0 Å². The maximum Gasteiger partial charge on any atom is 0.138 e. The summed E-state index contributed by atoms with van der Waals surface area (Å²) in [5.74, 6) is -0.233. The van der Waals surface area contributed by atoms with Crippen LogP contribution in [0.15, 0.2) is 28.7 Å². The Kier molecular flexibility index (Phi) is 3.42. The monoisotopic (exact) mass is 299 g/mol. The summed E-state index contributed by atoms with van der Waals surface area (Å²) in [6.07, 6.45) is 0. The van der Waals surface area contributed by atoms with Gasteiger partial charge in [0.15, 0.2) is 0 Å². The number of hydrogen-bond donors (Lipinski definition) is 1. The first-order valence-corrected chi connectivity index (χ1v) is 6.47. The summed E-state index contributed by atoms with van der Waals surface area (Å²) in [5, 5.41) is 0. The quantitative estimate of drug-likeness (QED) is 0.888. The number of halogens is 2. The first-order valence-electron chi connectivity index (χ1n) is 4.86.